The number of esters is 1. The van der Waals surface area contributed by atoms with Crippen molar-refractivity contribution < 1.29 is 19.4 Å². The van der Waals surface area contributed by atoms with E-state index in [-0.39, 0.29) is 24.3 Å². The third-order valence-corrected chi connectivity index (χ3v) is 5.83. The Balaban J connectivity index is 2.31. The molecule has 2 fully saturated rings. The topological polar surface area (TPSA) is 63.6 Å². The van der Waals surface area contributed by atoms with Crippen LogP contribution in [-0.2, 0) is 14.3 Å². The number of aliphatic hydroxyl groups excluding tert-OH is 1. The van der Waals surface area contributed by atoms with Crippen LogP contribution in [0.2, 0.25) is 0 Å². The van der Waals surface area contributed by atoms with Gasteiger partial charge in [-0.2, -0.15) is 0 Å². The SMILES string of the molecule is CC1=CC(=O)[C@@H]2[C@@]3(C)CCC[C@@]2(C)[C@]1(CO)OC3=O. The lowest BCUT2D eigenvalue weighted by molar-refractivity contribution is -0.243. The third kappa shape index (κ3) is 1.19. The van der Waals surface area contributed by atoms with Crippen LogP contribution in [0.1, 0.15) is 40.0 Å². The maximum atomic E-state index is 12.5. The molecule has 3 rings (SSSR count). The minimum Gasteiger partial charge on any atom is -0.451 e. The number of rotatable bonds is 1. The second kappa shape index (κ2) is 3.48. The highest BCUT2D eigenvalue weighted by Gasteiger charge is 2.71. The highest BCUT2D eigenvalue weighted by atomic mass is 16.6. The van der Waals surface area contributed by atoms with Gasteiger partial charge >= 0.3 is 5.97 Å². The van der Waals surface area contributed by atoms with E-state index in [0.717, 1.165) is 12.8 Å². The zero-order chi connectivity index (χ0) is 14.1. The number of ketones is 1. The number of carbonyl (C=O) groups is 2. The summed E-state index contributed by atoms with van der Waals surface area (Å²) in [5.41, 5.74) is -1.56. The molecule has 0 aromatic rings. The lowest BCUT2D eigenvalue weighted by Gasteiger charge is -2.63. The van der Waals surface area contributed by atoms with E-state index in [4.69, 9.17) is 4.74 Å². The molecule has 0 unspecified atom stereocenters. The summed E-state index contributed by atoms with van der Waals surface area (Å²) in [4.78, 5) is 24.9. The van der Waals surface area contributed by atoms with Gasteiger partial charge < -0.3 is 9.84 Å². The van der Waals surface area contributed by atoms with Crippen molar-refractivity contribution in [2.75, 3.05) is 6.61 Å². The second-order valence-corrected chi connectivity index (χ2v) is 6.73. The van der Waals surface area contributed by atoms with E-state index in [0.29, 0.717) is 12.0 Å². The smallest absolute Gasteiger partial charge is 0.313 e. The normalized spacial score (nSPS) is 48.6. The molecule has 4 atom stereocenters. The first kappa shape index (κ1) is 12.9. The lowest BCUT2D eigenvalue weighted by Crippen LogP contribution is -2.71. The van der Waals surface area contributed by atoms with Crippen LogP contribution in [0.25, 0.3) is 0 Å². The molecule has 104 valence electrons. The maximum absolute atomic E-state index is 12.5. The van der Waals surface area contributed by atoms with Crippen LogP contribution in [0.4, 0.5) is 0 Å². The quantitative estimate of drug-likeness (QED) is 0.731. The lowest BCUT2D eigenvalue weighted by atomic mass is 9.44. The van der Waals surface area contributed by atoms with Crippen molar-refractivity contribution in [1.29, 1.82) is 0 Å². The van der Waals surface area contributed by atoms with Gasteiger partial charge in [-0.3, -0.25) is 9.59 Å². The van der Waals surface area contributed by atoms with E-state index in [9.17, 15) is 14.7 Å². The van der Waals surface area contributed by atoms with Crippen molar-refractivity contribution in [1.82, 2.24) is 0 Å². The van der Waals surface area contributed by atoms with Gasteiger partial charge in [-0.05, 0) is 38.3 Å². The van der Waals surface area contributed by atoms with Gasteiger partial charge in [0.1, 0.15) is 0 Å². The molecule has 3 aliphatic rings. The molecule has 1 N–H and O–H groups in total. The molecule has 1 aliphatic heterocycles. The zero-order valence-corrected chi connectivity index (χ0v) is 11.7. The van der Waals surface area contributed by atoms with Crippen LogP contribution in [0.15, 0.2) is 11.6 Å². The summed E-state index contributed by atoms with van der Waals surface area (Å²) >= 11 is 0. The van der Waals surface area contributed by atoms with Crippen molar-refractivity contribution in [3.63, 3.8) is 0 Å². The number of hydrogen-bond acceptors (Lipinski definition) is 4. The van der Waals surface area contributed by atoms with Crippen LogP contribution in [0.3, 0.4) is 0 Å². The van der Waals surface area contributed by atoms with E-state index in [1.165, 1.54) is 0 Å². The molecule has 4 heteroatoms. The Morgan fingerprint density at radius 1 is 1.37 bits per heavy atom. The summed E-state index contributed by atoms with van der Waals surface area (Å²) in [6, 6.07) is 0. The Kier molecular flexibility index (Phi) is 2.35. The number of carbonyl (C=O) groups excluding carboxylic acids is 2. The first-order chi connectivity index (χ1) is 8.82. The molecule has 19 heavy (non-hydrogen) atoms. The maximum Gasteiger partial charge on any atom is 0.313 e. The fraction of sp³-hybridized carbons (Fsp3) is 0.733. The van der Waals surface area contributed by atoms with Crippen LogP contribution in [-0.4, -0.2) is 29.1 Å². The highest BCUT2D eigenvalue weighted by molar-refractivity contribution is 6.00. The van der Waals surface area contributed by atoms with Crippen LogP contribution < -0.4 is 0 Å². The predicted octanol–water partition coefficient (Wildman–Crippen LogP) is 1.62. The number of aliphatic hydroxyl groups is 1. The average Bonchev–Trinajstić information content (AvgIpc) is 2.32. The molecule has 0 spiro atoms. The van der Waals surface area contributed by atoms with Crippen LogP contribution in [0, 0.1) is 16.7 Å². The Labute approximate surface area is 112 Å². The fourth-order valence-corrected chi connectivity index (χ4v) is 4.77. The van der Waals surface area contributed by atoms with Crippen molar-refractivity contribution in [3.8, 4) is 0 Å². The summed E-state index contributed by atoms with van der Waals surface area (Å²) in [6.07, 6.45) is 3.95. The van der Waals surface area contributed by atoms with Crippen molar-refractivity contribution >= 4 is 11.8 Å². The Bertz CT molecular complexity index is 508. The molecule has 1 saturated carbocycles. The molecule has 2 aliphatic carbocycles. The first-order valence-corrected chi connectivity index (χ1v) is 6.89. The van der Waals surface area contributed by atoms with E-state index < -0.39 is 16.4 Å². The van der Waals surface area contributed by atoms with Gasteiger partial charge in [0.2, 0.25) is 0 Å². The van der Waals surface area contributed by atoms with Gasteiger partial charge in [0.05, 0.1) is 12.0 Å². The minimum absolute atomic E-state index is 0.0166. The second-order valence-electron chi connectivity index (χ2n) is 6.73. The molecular formula is C15H20O4. The van der Waals surface area contributed by atoms with Gasteiger partial charge in [-0.1, -0.05) is 13.3 Å². The molecule has 1 saturated heterocycles. The molecule has 0 radical (unpaired) electrons. The molecule has 0 amide bonds. The van der Waals surface area contributed by atoms with Crippen molar-refractivity contribution in [3.05, 3.63) is 11.6 Å². The number of allylic oxidation sites excluding steroid dienone is 1. The van der Waals surface area contributed by atoms with Gasteiger partial charge in [0, 0.05) is 11.3 Å². The highest BCUT2D eigenvalue weighted by Crippen LogP contribution is 2.65. The summed E-state index contributed by atoms with van der Waals surface area (Å²) in [5.74, 6) is -0.682. The van der Waals surface area contributed by atoms with Gasteiger partial charge in [0.15, 0.2) is 11.4 Å². The van der Waals surface area contributed by atoms with Crippen LogP contribution >= 0.6 is 0 Å². The number of ether oxygens (including phenoxy) is 1. The van der Waals surface area contributed by atoms with E-state index in [1.807, 2.05) is 13.8 Å². The molecule has 4 bridgehead atoms. The van der Waals surface area contributed by atoms with Crippen molar-refractivity contribution in [2.45, 2.75) is 45.6 Å². The van der Waals surface area contributed by atoms with Crippen molar-refractivity contribution in [2.24, 2.45) is 16.7 Å². The van der Waals surface area contributed by atoms with Gasteiger partial charge in [-0.15, -0.1) is 0 Å². The summed E-state index contributed by atoms with van der Waals surface area (Å²) in [6.45, 7) is 5.36. The first-order valence-electron chi connectivity index (χ1n) is 6.89. The minimum atomic E-state index is -1.01. The predicted molar refractivity (Wildman–Crippen MR) is 68.2 cm³/mol. The molecular weight excluding hydrogens is 244 g/mol. The molecule has 0 aromatic heterocycles. The van der Waals surface area contributed by atoms with E-state index in [2.05, 4.69) is 0 Å². The standard InChI is InChI=1S/C15H20O4/c1-9-7-10(17)11-13(2)5-4-6-14(11,3)15(9,8-16)19-12(13)18/h7,11,16H,4-6,8H2,1-3H3/t11-,13-,14-,15-/m1/s1. The van der Waals surface area contributed by atoms with Gasteiger partial charge in [-0.25, -0.2) is 0 Å². The monoisotopic (exact) mass is 264 g/mol. The molecule has 0 aromatic carbocycles. The summed E-state index contributed by atoms with van der Waals surface area (Å²) < 4.78 is 5.72. The Morgan fingerprint density at radius 2 is 2.05 bits per heavy atom. The molecule has 1 heterocycles. The van der Waals surface area contributed by atoms with Gasteiger partial charge in [0.25, 0.3) is 0 Å². The largest absolute Gasteiger partial charge is 0.451 e. The van der Waals surface area contributed by atoms with E-state index in [1.54, 1.807) is 13.0 Å². The van der Waals surface area contributed by atoms with E-state index >= 15 is 0 Å². The Hall–Kier alpha value is -1.16. The average molecular weight is 264 g/mol. The Morgan fingerprint density at radius 3 is 2.68 bits per heavy atom. The zero-order valence-electron chi connectivity index (χ0n) is 11.7. The summed E-state index contributed by atoms with van der Waals surface area (Å²) in [5, 5.41) is 9.90. The fourth-order valence-electron chi connectivity index (χ4n) is 4.77. The summed E-state index contributed by atoms with van der Waals surface area (Å²) in [7, 11) is 0. The molecule has 4 nitrogen and oxygen atoms in total. The number of hydrogen-bond donors (Lipinski definition) is 1. The third-order valence-electron chi connectivity index (χ3n) is 5.83. The van der Waals surface area contributed by atoms with Crippen LogP contribution in [0.5, 0.6) is 0 Å².